The van der Waals surface area contributed by atoms with Crippen LogP contribution >= 0.6 is 0 Å². The van der Waals surface area contributed by atoms with Gasteiger partial charge >= 0.3 is 0 Å². The van der Waals surface area contributed by atoms with Gasteiger partial charge in [0.2, 0.25) is 11.8 Å². The molecule has 1 rings (SSSR count). The highest BCUT2D eigenvalue weighted by Gasteiger charge is 2.26. The lowest BCUT2D eigenvalue weighted by atomic mass is 10.2. The molecule has 1 heterocycles. The molecule has 0 bridgehead atoms. The molecule has 1 aliphatic heterocycles. The van der Waals surface area contributed by atoms with Crippen LogP contribution in [0.3, 0.4) is 0 Å². The van der Waals surface area contributed by atoms with Gasteiger partial charge in [0.25, 0.3) is 0 Å². The van der Waals surface area contributed by atoms with Gasteiger partial charge in [-0.1, -0.05) is 0 Å². The molecule has 2 atom stereocenters. The zero-order chi connectivity index (χ0) is 9.14. The van der Waals surface area contributed by atoms with Crippen molar-refractivity contribution in [2.75, 3.05) is 6.54 Å². The summed E-state index contributed by atoms with van der Waals surface area (Å²) < 4.78 is 0. The van der Waals surface area contributed by atoms with E-state index in [0.29, 0.717) is 13.0 Å². The lowest BCUT2D eigenvalue weighted by molar-refractivity contribution is -0.127. The Kier molecular flexibility index (Phi) is 2.65. The van der Waals surface area contributed by atoms with Crippen molar-refractivity contribution in [1.82, 2.24) is 10.6 Å². The molecule has 1 saturated heterocycles. The lowest BCUT2D eigenvalue weighted by Gasteiger charge is -2.11. The van der Waals surface area contributed by atoms with E-state index in [1.807, 2.05) is 0 Å². The first-order valence-electron chi connectivity index (χ1n) is 3.95. The van der Waals surface area contributed by atoms with Gasteiger partial charge in [0, 0.05) is 6.54 Å². The van der Waals surface area contributed by atoms with Crippen LogP contribution in [0.1, 0.15) is 13.3 Å². The lowest BCUT2D eigenvalue weighted by Crippen LogP contribution is -2.46. The van der Waals surface area contributed by atoms with E-state index in [1.165, 1.54) is 0 Å². The van der Waals surface area contributed by atoms with Crippen LogP contribution in [-0.4, -0.2) is 30.4 Å². The Morgan fingerprint density at radius 1 is 1.83 bits per heavy atom. The highest BCUT2D eigenvalue weighted by atomic mass is 16.2. The van der Waals surface area contributed by atoms with E-state index in [2.05, 4.69) is 10.6 Å². The summed E-state index contributed by atoms with van der Waals surface area (Å²) in [5, 5.41) is 5.17. The van der Waals surface area contributed by atoms with Crippen molar-refractivity contribution in [2.45, 2.75) is 25.4 Å². The molecule has 5 heteroatoms. The minimum atomic E-state index is -0.557. The molecule has 5 nitrogen and oxygen atoms in total. The quantitative estimate of drug-likeness (QED) is 0.465. The molecule has 0 radical (unpaired) electrons. The van der Waals surface area contributed by atoms with Gasteiger partial charge in [-0.15, -0.1) is 0 Å². The number of hydrogen-bond acceptors (Lipinski definition) is 3. The Morgan fingerprint density at radius 2 is 2.50 bits per heavy atom. The van der Waals surface area contributed by atoms with E-state index >= 15 is 0 Å². The van der Waals surface area contributed by atoms with Crippen LogP contribution in [0.5, 0.6) is 0 Å². The average molecular weight is 171 g/mol. The first-order chi connectivity index (χ1) is 5.61. The summed E-state index contributed by atoms with van der Waals surface area (Å²) >= 11 is 0. The number of amides is 2. The summed E-state index contributed by atoms with van der Waals surface area (Å²) in [5.41, 5.74) is 5.32. The third-order valence-corrected chi connectivity index (χ3v) is 1.78. The van der Waals surface area contributed by atoms with Crippen LogP contribution in [0.2, 0.25) is 0 Å². The molecule has 0 aromatic rings. The molecular weight excluding hydrogens is 158 g/mol. The monoisotopic (exact) mass is 171 g/mol. The van der Waals surface area contributed by atoms with E-state index in [9.17, 15) is 9.59 Å². The van der Waals surface area contributed by atoms with Gasteiger partial charge in [0.1, 0.15) is 6.04 Å². The van der Waals surface area contributed by atoms with Crippen LogP contribution in [0.4, 0.5) is 0 Å². The summed E-state index contributed by atoms with van der Waals surface area (Å²) in [6, 6.07) is -0.943. The van der Waals surface area contributed by atoms with Crippen LogP contribution in [0.15, 0.2) is 0 Å². The summed E-state index contributed by atoms with van der Waals surface area (Å²) in [6.45, 7) is 2.21. The van der Waals surface area contributed by atoms with Crippen molar-refractivity contribution < 1.29 is 9.59 Å². The Hall–Kier alpha value is -1.10. The number of carbonyl (C=O) groups is 2. The molecule has 4 N–H and O–H groups in total. The Bertz CT molecular complexity index is 203. The molecule has 2 amide bonds. The van der Waals surface area contributed by atoms with E-state index in [0.717, 1.165) is 0 Å². The summed E-state index contributed by atoms with van der Waals surface area (Å²) in [7, 11) is 0. The summed E-state index contributed by atoms with van der Waals surface area (Å²) in [6.07, 6.45) is 0.650. The zero-order valence-electron chi connectivity index (χ0n) is 6.96. The van der Waals surface area contributed by atoms with Crippen molar-refractivity contribution in [1.29, 1.82) is 0 Å². The third kappa shape index (κ3) is 1.94. The van der Waals surface area contributed by atoms with Gasteiger partial charge in [0.15, 0.2) is 0 Å². The second-order valence-electron chi connectivity index (χ2n) is 2.93. The summed E-state index contributed by atoms with van der Waals surface area (Å²) in [4.78, 5) is 22.0. The highest BCUT2D eigenvalue weighted by Crippen LogP contribution is 1.98. The molecule has 0 saturated carbocycles. The minimum Gasteiger partial charge on any atom is -0.354 e. The topological polar surface area (TPSA) is 84.2 Å². The largest absolute Gasteiger partial charge is 0.354 e. The summed E-state index contributed by atoms with van der Waals surface area (Å²) in [5.74, 6) is -0.402. The van der Waals surface area contributed by atoms with E-state index in [1.54, 1.807) is 6.92 Å². The van der Waals surface area contributed by atoms with Crippen LogP contribution in [0.25, 0.3) is 0 Å². The average Bonchev–Trinajstić information content (AvgIpc) is 2.36. The number of carbonyl (C=O) groups excluding carboxylic acids is 2. The fourth-order valence-corrected chi connectivity index (χ4v) is 1.03. The van der Waals surface area contributed by atoms with Gasteiger partial charge in [-0.2, -0.15) is 0 Å². The normalized spacial score (nSPS) is 24.8. The molecule has 12 heavy (non-hydrogen) atoms. The molecule has 0 aromatic carbocycles. The molecule has 0 aromatic heterocycles. The fourth-order valence-electron chi connectivity index (χ4n) is 1.03. The van der Waals surface area contributed by atoms with Crippen molar-refractivity contribution in [3.8, 4) is 0 Å². The van der Waals surface area contributed by atoms with Crippen LogP contribution in [-0.2, 0) is 9.59 Å². The third-order valence-electron chi connectivity index (χ3n) is 1.78. The number of hydrogen-bond donors (Lipinski definition) is 3. The van der Waals surface area contributed by atoms with Crippen molar-refractivity contribution >= 4 is 11.8 Å². The number of nitrogens with two attached hydrogens (primary N) is 1. The maximum absolute atomic E-state index is 11.0. The zero-order valence-corrected chi connectivity index (χ0v) is 6.96. The standard InChI is InChI=1S/C7H13N3O2/c1-4(8)6(11)10-5-2-3-9-7(5)12/h4-5H,2-3,8H2,1H3,(H,9,12)(H,10,11)/t4-,5+/m0/s1. The van der Waals surface area contributed by atoms with Gasteiger partial charge < -0.3 is 16.4 Å². The molecular formula is C7H13N3O2. The molecule has 0 spiro atoms. The smallest absolute Gasteiger partial charge is 0.242 e. The second-order valence-corrected chi connectivity index (χ2v) is 2.93. The minimum absolute atomic E-state index is 0.121. The van der Waals surface area contributed by atoms with Crippen molar-refractivity contribution in [2.24, 2.45) is 5.73 Å². The highest BCUT2D eigenvalue weighted by molar-refractivity contribution is 5.90. The predicted molar refractivity (Wildman–Crippen MR) is 43.2 cm³/mol. The maximum Gasteiger partial charge on any atom is 0.242 e. The van der Waals surface area contributed by atoms with Gasteiger partial charge in [-0.05, 0) is 13.3 Å². The van der Waals surface area contributed by atoms with Crippen LogP contribution < -0.4 is 16.4 Å². The number of rotatable bonds is 2. The molecule has 1 fully saturated rings. The Balaban J connectivity index is 2.40. The first kappa shape index (κ1) is 8.99. The SMILES string of the molecule is C[C@H](N)C(=O)N[C@@H]1CCNC1=O. The molecule has 0 aliphatic carbocycles. The molecule has 0 unspecified atom stereocenters. The van der Waals surface area contributed by atoms with Gasteiger partial charge in [0.05, 0.1) is 6.04 Å². The van der Waals surface area contributed by atoms with Crippen LogP contribution in [0, 0.1) is 0 Å². The molecule has 68 valence electrons. The van der Waals surface area contributed by atoms with Gasteiger partial charge in [-0.3, -0.25) is 9.59 Å². The second kappa shape index (κ2) is 3.53. The molecule has 1 aliphatic rings. The Morgan fingerprint density at radius 3 is 2.92 bits per heavy atom. The van der Waals surface area contributed by atoms with E-state index < -0.39 is 6.04 Å². The van der Waals surface area contributed by atoms with Gasteiger partial charge in [-0.25, -0.2) is 0 Å². The van der Waals surface area contributed by atoms with Crippen molar-refractivity contribution in [3.63, 3.8) is 0 Å². The fraction of sp³-hybridized carbons (Fsp3) is 0.714. The van der Waals surface area contributed by atoms with E-state index in [-0.39, 0.29) is 17.9 Å². The Labute approximate surface area is 70.7 Å². The van der Waals surface area contributed by atoms with Crippen molar-refractivity contribution in [3.05, 3.63) is 0 Å². The maximum atomic E-state index is 11.0. The number of nitrogens with one attached hydrogen (secondary N) is 2. The first-order valence-corrected chi connectivity index (χ1v) is 3.95. The van der Waals surface area contributed by atoms with E-state index in [4.69, 9.17) is 5.73 Å². The predicted octanol–water partition coefficient (Wildman–Crippen LogP) is -1.66.